The summed E-state index contributed by atoms with van der Waals surface area (Å²) >= 11 is 1.77. The molecule has 0 saturated carbocycles. The molecule has 2 heterocycles. The van der Waals surface area contributed by atoms with E-state index in [0.29, 0.717) is 11.8 Å². The second-order valence-electron chi connectivity index (χ2n) is 5.49. The summed E-state index contributed by atoms with van der Waals surface area (Å²) in [7, 11) is 5.70. The minimum Gasteiger partial charge on any atom is -0.479 e. The number of hydrogen-bond acceptors (Lipinski definition) is 5. The maximum atomic E-state index is 5.44. The van der Waals surface area contributed by atoms with Crippen LogP contribution in [0.15, 0.2) is 29.8 Å². The van der Waals surface area contributed by atoms with E-state index in [-0.39, 0.29) is 6.04 Å². The highest BCUT2D eigenvalue weighted by Crippen LogP contribution is 2.37. The van der Waals surface area contributed by atoms with Gasteiger partial charge in [-0.15, -0.1) is 11.3 Å². The third kappa shape index (κ3) is 3.47. The van der Waals surface area contributed by atoms with Crippen molar-refractivity contribution in [1.82, 2.24) is 4.98 Å². The van der Waals surface area contributed by atoms with Gasteiger partial charge in [-0.25, -0.2) is 4.98 Å². The largest absolute Gasteiger partial charge is 0.479 e. The van der Waals surface area contributed by atoms with Crippen molar-refractivity contribution in [3.05, 3.63) is 34.7 Å². The summed E-state index contributed by atoms with van der Waals surface area (Å²) in [6.45, 7) is 4.44. The fraction of sp³-hybridized carbons (Fsp3) is 0.438. The van der Waals surface area contributed by atoms with E-state index in [1.807, 2.05) is 20.2 Å². The Morgan fingerprint density at radius 1 is 1.29 bits per heavy atom. The van der Waals surface area contributed by atoms with Gasteiger partial charge in [0.25, 0.3) is 0 Å². The zero-order valence-electron chi connectivity index (χ0n) is 13.3. The van der Waals surface area contributed by atoms with Gasteiger partial charge < -0.3 is 15.0 Å². The Kier molecular flexibility index (Phi) is 5.07. The van der Waals surface area contributed by atoms with E-state index in [9.17, 15) is 0 Å². The molecule has 2 aromatic heterocycles. The van der Waals surface area contributed by atoms with Crippen molar-refractivity contribution in [2.45, 2.75) is 19.9 Å². The highest BCUT2D eigenvalue weighted by molar-refractivity contribution is 7.10. The van der Waals surface area contributed by atoms with Gasteiger partial charge in [0.05, 0.1) is 18.8 Å². The van der Waals surface area contributed by atoms with Gasteiger partial charge in [-0.2, -0.15) is 0 Å². The molecule has 0 aromatic carbocycles. The Morgan fingerprint density at radius 2 is 2.05 bits per heavy atom. The average molecular weight is 305 g/mol. The van der Waals surface area contributed by atoms with Crippen LogP contribution in [-0.2, 0) is 0 Å². The number of nitrogens with zero attached hydrogens (tertiary/aromatic N) is 2. The molecular weight excluding hydrogens is 282 g/mol. The van der Waals surface area contributed by atoms with E-state index < -0.39 is 0 Å². The van der Waals surface area contributed by atoms with Gasteiger partial charge in [0, 0.05) is 25.2 Å². The number of nitrogens with one attached hydrogen (secondary N) is 1. The minimum absolute atomic E-state index is 0.238. The maximum absolute atomic E-state index is 5.44. The summed E-state index contributed by atoms with van der Waals surface area (Å²) in [5, 5.41) is 5.74. The summed E-state index contributed by atoms with van der Waals surface area (Å²) in [4.78, 5) is 7.71. The highest BCUT2D eigenvalue weighted by atomic mass is 32.1. The fourth-order valence-corrected chi connectivity index (χ4v) is 3.24. The third-order valence-electron chi connectivity index (χ3n) is 3.39. The second kappa shape index (κ2) is 6.80. The molecule has 0 bridgehead atoms. The summed E-state index contributed by atoms with van der Waals surface area (Å²) in [6.07, 6.45) is 1.77. The van der Waals surface area contributed by atoms with Gasteiger partial charge in [-0.3, -0.25) is 0 Å². The van der Waals surface area contributed by atoms with E-state index in [0.717, 1.165) is 11.4 Å². The zero-order chi connectivity index (χ0) is 15.4. The van der Waals surface area contributed by atoms with Crippen molar-refractivity contribution in [2.75, 3.05) is 31.4 Å². The van der Waals surface area contributed by atoms with Crippen molar-refractivity contribution in [3.63, 3.8) is 0 Å². The van der Waals surface area contributed by atoms with E-state index in [2.05, 4.69) is 46.6 Å². The first-order valence-electron chi connectivity index (χ1n) is 7.04. The average Bonchev–Trinajstić information content (AvgIpc) is 2.97. The van der Waals surface area contributed by atoms with Crippen LogP contribution in [0, 0.1) is 5.92 Å². The fourth-order valence-electron chi connectivity index (χ4n) is 2.29. The number of thiophene rings is 1. The van der Waals surface area contributed by atoms with Crippen LogP contribution in [0.1, 0.15) is 24.8 Å². The topological polar surface area (TPSA) is 37.4 Å². The molecule has 0 fully saturated rings. The van der Waals surface area contributed by atoms with Crippen molar-refractivity contribution >= 4 is 22.7 Å². The van der Waals surface area contributed by atoms with Crippen LogP contribution in [0.4, 0.5) is 11.4 Å². The van der Waals surface area contributed by atoms with E-state index >= 15 is 0 Å². The molecule has 21 heavy (non-hydrogen) atoms. The van der Waals surface area contributed by atoms with Crippen molar-refractivity contribution in [2.24, 2.45) is 5.92 Å². The minimum atomic E-state index is 0.238. The van der Waals surface area contributed by atoms with Crippen LogP contribution in [0.25, 0.3) is 0 Å². The Morgan fingerprint density at radius 3 is 2.57 bits per heavy atom. The summed E-state index contributed by atoms with van der Waals surface area (Å²) in [6, 6.07) is 6.49. The number of rotatable bonds is 6. The Hall–Kier alpha value is -1.75. The quantitative estimate of drug-likeness (QED) is 0.874. The first-order valence-corrected chi connectivity index (χ1v) is 7.92. The summed E-state index contributed by atoms with van der Waals surface area (Å²) < 4.78 is 5.44. The van der Waals surface area contributed by atoms with Crippen molar-refractivity contribution in [3.8, 4) is 5.88 Å². The number of aromatic nitrogens is 1. The van der Waals surface area contributed by atoms with Crippen LogP contribution < -0.4 is 15.0 Å². The molecule has 114 valence electrons. The molecule has 0 spiro atoms. The molecule has 0 aliphatic rings. The molecule has 0 aliphatic carbocycles. The summed E-state index contributed by atoms with van der Waals surface area (Å²) in [5.74, 6) is 1.09. The molecule has 1 atom stereocenters. The molecule has 1 unspecified atom stereocenters. The lowest BCUT2D eigenvalue weighted by atomic mass is 10.0. The standard InChI is InChI=1S/C16H23N3OS/c1-11(2)14(13-7-6-10-21-13)18-15-12(19(3)4)8-9-17-16(15)20-5/h6-11,14,18H,1-5H3. The lowest BCUT2D eigenvalue weighted by Crippen LogP contribution is -2.19. The Labute approximate surface area is 130 Å². The molecule has 0 amide bonds. The van der Waals surface area contributed by atoms with Crippen LogP contribution in [0.5, 0.6) is 5.88 Å². The predicted octanol–water partition coefficient (Wildman–Crippen LogP) is 4.03. The number of anilines is 2. The van der Waals surface area contributed by atoms with E-state index in [4.69, 9.17) is 4.74 Å². The van der Waals surface area contributed by atoms with Gasteiger partial charge in [0.2, 0.25) is 5.88 Å². The Bertz CT molecular complexity index is 567. The SMILES string of the molecule is COc1nccc(N(C)C)c1NC(c1cccs1)C(C)C. The zero-order valence-corrected chi connectivity index (χ0v) is 14.1. The molecule has 0 radical (unpaired) electrons. The first kappa shape index (κ1) is 15.6. The molecule has 4 nitrogen and oxygen atoms in total. The van der Waals surface area contributed by atoms with Gasteiger partial charge in [0.15, 0.2) is 0 Å². The second-order valence-corrected chi connectivity index (χ2v) is 6.47. The van der Waals surface area contributed by atoms with E-state index in [1.54, 1.807) is 24.6 Å². The normalized spacial score (nSPS) is 12.3. The van der Waals surface area contributed by atoms with E-state index in [1.165, 1.54) is 4.88 Å². The summed E-state index contributed by atoms with van der Waals surface area (Å²) in [5.41, 5.74) is 2.01. The maximum Gasteiger partial charge on any atom is 0.239 e. The lowest BCUT2D eigenvalue weighted by Gasteiger charge is -2.26. The Balaban J connectivity index is 2.40. The molecule has 2 aromatic rings. The predicted molar refractivity (Wildman–Crippen MR) is 90.6 cm³/mol. The smallest absolute Gasteiger partial charge is 0.239 e. The molecule has 0 saturated heterocycles. The highest BCUT2D eigenvalue weighted by Gasteiger charge is 2.21. The van der Waals surface area contributed by atoms with Crippen LogP contribution in [-0.4, -0.2) is 26.2 Å². The first-order chi connectivity index (χ1) is 10.0. The van der Waals surface area contributed by atoms with Gasteiger partial charge in [-0.05, 0) is 23.4 Å². The van der Waals surface area contributed by atoms with Gasteiger partial charge >= 0.3 is 0 Å². The number of ether oxygens (including phenoxy) is 1. The molecule has 1 N–H and O–H groups in total. The molecule has 0 aliphatic heterocycles. The molecule has 2 rings (SSSR count). The van der Waals surface area contributed by atoms with Gasteiger partial charge in [0.1, 0.15) is 5.69 Å². The molecular formula is C16H23N3OS. The van der Waals surface area contributed by atoms with Crippen LogP contribution in [0.3, 0.4) is 0 Å². The van der Waals surface area contributed by atoms with Crippen molar-refractivity contribution in [1.29, 1.82) is 0 Å². The monoisotopic (exact) mass is 305 g/mol. The van der Waals surface area contributed by atoms with Crippen molar-refractivity contribution < 1.29 is 4.74 Å². The third-order valence-corrected chi connectivity index (χ3v) is 4.34. The lowest BCUT2D eigenvalue weighted by molar-refractivity contribution is 0.398. The number of pyridine rings is 1. The molecule has 5 heteroatoms. The van der Waals surface area contributed by atoms with Crippen LogP contribution >= 0.6 is 11.3 Å². The number of hydrogen-bond donors (Lipinski definition) is 1. The van der Waals surface area contributed by atoms with Gasteiger partial charge in [-0.1, -0.05) is 19.9 Å². The number of methoxy groups -OCH3 is 1. The van der Waals surface area contributed by atoms with Crippen LogP contribution in [0.2, 0.25) is 0 Å².